The molecule has 6 nitrogen and oxygen atoms in total. The van der Waals surface area contributed by atoms with Crippen molar-refractivity contribution >= 4 is 11.6 Å². The first-order valence-corrected chi connectivity index (χ1v) is 5.17. The summed E-state index contributed by atoms with van der Waals surface area (Å²) in [5.74, 6) is 3.69. The second kappa shape index (κ2) is 5.14. The Balaban J connectivity index is 2.19. The summed E-state index contributed by atoms with van der Waals surface area (Å²) in [6, 6.07) is 2.95. The largest absolute Gasteiger partial charge is 0.472 e. The van der Waals surface area contributed by atoms with Gasteiger partial charge < -0.3 is 15.2 Å². The normalized spacial score (nSPS) is 11.4. The number of hydrogen-bond donors (Lipinski definition) is 3. The van der Waals surface area contributed by atoms with E-state index in [2.05, 4.69) is 20.7 Å². The minimum absolute atomic E-state index is 0.0106. The van der Waals surface area contributed by atoms with Crippen molar-refractivity contribution in [1.29, 1.82) is 0 Å². The molecular weight excluding hydrogens is 263 g/mol. The molecule has 19 heavy (non-hydrogen) atoms. The number of rotatable bonds is 4. The first-order valence-electron chi connectivity index (χ1n) is 5.17. The van der Waals surface area contributed by atoms with E-state index in [0.29, 0.717) is 0 Å². The summed E-state index contributed by atoms with van der Waals surface area (Å²) >= 11 is 0. The fourth-order valence-corrected chi connectivity index (χ4v) is 1.32. The highest BCUT2D eigenvalue weighted by atomic mass is 19.4. The van der Waals surface area contributed by atoms with Crippen molar-refractivity contribution in [3.63, 3.8) is 0 Å². The van der Waals surface area contributed by atoms with E-state index in [4.69, 9.17) is 10.3 Å². The fraction of sp³-hybridized carbons (Fsp3) is 0.200. The van der Waals surface area contributed by atoms with Crippen molar-refractivity contribution in [2.24, 2.45) is 5.84 Å². The molecule has 0 saturated carbocycles. The molecule has 0 amide bonds. The van der Waals surface area contributed by atoms with Crippen LogP contribution in [0.3, 0.4) is 0 Å². The number of halogens is 3. The molecule has 2 aromatic rings. The van der Waals surface area contributed by atoms with Gasteiger partial charge in [0.05, 0.1) is 12.5 Å². The Morgan fingerprint density at radius 1 is 1.26 bits per heavy atom. The van der Waals surface area contributed by atoms with Gasteiger partial charge in [-0.3, -0.25) is 0 Å². The molecule has 0 aromatic carbocycles. The topological polar surface area (TPSA) is 89.0 Å². The number of nitrogens with two attached hydrogens (primary N) is 1. The zero-order valence-corrected chi connectivity index (χ0v) is 9.53. The van der Waals surface area contributed by atoms with Crippen LogP contribution in [0.25, 0.3) is 0 Å². The van der Waals surface area contributed by atoms with Crippen LogP contribution >= 0.6 is 0 Å². The fourth-order valence-electron chi connectivity index (χ4n) is 1.32. The summed E-state index contributed by atoms with van der Waals surface area (Å²) in [5.41, 5.74) is 2.84. The first kappa shape index (κ1) is 13.1. The van der Waals surface area contributed by atoms with Crippen LogP contribution in [-0.2, 0) is 12.7 Å². The molecule has 0 fully saturated rings. The number of hydrogen-bond acceptors (Lipinski definition) is 6. The minimum atomic E-state index is -4.64. The third-order valence-corrected chi connectivity index (χ3v) is 2.18. The number of furan rings is 1. The molecule has 0 saturated heterocycles. The quantitative estimate of drug-likeness (QED) is 0.583. The standard InChI is InChI=1S/C10H10F3N5O/c11-10(12,13)9-16-7(3-8(17-9)18-14)15-4-6-1-2-19-5-6/h1-3,5H,4,14H2,(H2,15,16,17,18). The highest BCUT2D eigenvalue weighted by molar-refractivity contribution is 5.47. The second-order valence-corrected chi connectivity index (χ2v) is 3.59. The maximum Gasteiger partial charge on any atom is 0.451 e. The Hall–Kier alpha value is -2.29. The highest BCUT2D eigenvalue weighted by Crippen LogP contribution is 2.28. The van der Waals surface area contributed by atoms with Gasteiger partial charge in [0.25, 0.3) is 0 Å². The Kier molecular flexibility index (Phi) is 3.56. The lowest BCUT2D eigenvalue weighted by atomic mass is 10.3. The average Bonchev–Trinajstić information content (AvgIpc) is 2.88. The van der Waals surface area contributed by atoms with Crippen molar-refractivity contribution in [1.82, 2.24) is 9.97 Å². The Labute approximate surface area is 105 Å². The number of anilines is 2. The summed E-state index contributed by atoms with van der Waals surface area (Å²) in [5, 5.41) is 2.73. The lowest BCUT2D eigenvalue weighted by molar-refractivity contribution is -0.144. The van der Waals surface area contributed by atoms with Crippen molar-refractivity contribution in [3.05, 3.63) is 36.0 Å². The maximum absolute atomic E-state index is 12.6. The van der Waals surface area contributed by atoms with Crippen LogP contribution in [0.15, 0.2) is 29.1 Å². The molecule has 0 aliphatic heterocycles. The lowest BCUT2D eigenvalue weighted by Gasteiger charge is -2.10. The molecule has 102 valence electrons. The molecule has 0 aliphatic carbocycles. The van der Waals surface area contributed by atoms with Crippen molar-refractivity contribution in [3.8, 4) is 0 Å². The van der Waals surface area contributed by atoms with Crippen molar-refractivity contribution < 1.29 is 17.6 Å². The summed E-state index contributed by atoms with van der Waals surface area (Å²) in [4.78, 5) is 6.62. The Morgan fingerprint density at radius 3 is 2.58 bits per heavy atom. The predicted molar refractivity (Wildman–Crippen MR) is 60.9 cm³/mol. The zero-order chi connectivity index (χ0) is 13.9. The number of alkyl halides is 3. The lowest BCUT2D eigenvalue weighted by Crippen LogP contribution is -2.17. The van der Waals surface area contributed by atoms with Crippen LogP contribution in [-0.4, -0.2) is 9.97 Å². The van der Waals surface area contributed by atoms with Gasteiger partial charge in [-0.05, 0) is 6.07 Å². The van der Waals surface area contributed by atoms with Crippen LogP contribution in [0, 0.1) is 0 Å². The van der Waals surface area contributed by atoms with E-state index in [1.54, 1.807) is 6.07 Å². The third-order valence-electron chi connectivity index (χ3n) is 2.18. The van der Waals surface area contributed by atoms with Gasteiger partial charge in [0.15, 0.2) is 0 Å². The van der Waals surface area contributed by atoms with E-state index < -0.39 is 12.0 Å². The van der Waals surface area contributed by atoms with E-state index >= 15 is 0 Å². The van der Waals surface area contributed by atoms with Gasteiger partial charge in [-0.15, -0.1) is 0 Å². The molecule has 0 atom stereocenters. The third kappa shape index (κ3) is 3.35. The Morgan fingerprint density at radius 2 is 2.00 bits per heavy atom. The molecule has 0 radical (unpaired) electrons. The molecule has 9 heteroatoms. The van der Waals surface area contributed by atoms with E-state index in [9.17, 15) is 13.2 Å². The SMILES string of the molecule is NNc1cc(NCc2ccoc2)nc(C(F)(F)F)n1. The van der Waals surface area contributed by atoms with Gasteiger partial charge in [0, 0.05) is 18.2 Å². The van der Waals surface area contributed by atoms with Crippen LogP contribution in [0.4, 0.5) is 24.8 Å². The smallest absolute Gasteiger partial charge is 0.451 e. The van der Waals surface area contributed by atoms with Gasteiger partial charge >= 0.3 is 6.18 Å². The van der Waals surface area contributed by atoms with E-state index in [1.165, 1.54) is 18.6 Å². The molecule has 0 bridgehead atoms. The van der Waals surface area contributed by atoms with Gasteiger partial charge in [-0.1, -0.05) is 0 Å². The molecule has 2 aromatic heterocycles. The van der Waals surface area contributed by atoms with Gasteiger partial charge in [-0.25, -0.2) is 15.8 Å². The minimum Gasteiger partial charge on any atom is -0.472 e. The van der Waals surface area contributed by atoms with Crippen LogP contribution in [0.5, 0.6) is 0 Å². The molecule has 0 spiro atoms. The molecule has 0 unspecified atom stereocenters. The van der Waals surface area contributed by atoms with E-state index in [1.807, 2.05) is 0 Å². The zero-order valence-electron chi connectivity index (χ0n) is 9.53. The van der Waals surface area contributed by atoms with Gasteiger partial charge in [0.2, 0.25) is 5.82 Å². The van der Waals surface area contributed by atoms with Crippen LogP contribution in [0.1, 0.15) is 11.4 Å². The molecule has 4 N–H and O–H groups in total. The number of nitrogens with one attached hydrogen (secondary N) is 2. The van der Waals surface area contributed by atoms with Gasteiger partial charge in [0.1, 0.15) is 11.6 Å². The molecule has 2 heterocycles. The van der Waals surface area contributed by atoms with Crippen LogP contribution < -0.4 is 16.6 Å². The first-order chi connectivity index (χ1) is 8.99. The number of nitrogen functional groups attached to an aromatic ring is 1. The average molecular weight is 273 g/mol. The van der Waals surface area contributed by atoms with E-state index in [-0.39, 0.29) is 18.2 Å². The van der Waals surface area contributed by atoms with Crippen LogP contribution in [0.2, 0.25) is 0 Å². The number of aromatic nitrogens is 2. The molecular formula is C10H10F3N5O. The summed E-state index contributed by atoms with van der Waals surface area (Å²) in [6.45, 7) is 0.273. The number of nitrogens with zero attached hydrogens (tertiary/aromatic N) is 2. The second-order valence-electron chi connectivity index (χ2n) is 3.59. The maximum atomic E-state index is 12.6. The molecule has 2 rings (SSSR count). The summed E-state index contributed by atoms with van der Waals surface area (Å²) < 4.78 is 42.5. The summed E-state index contributed by atoms with van der Waals surface area (Å²) in [6.07, 6.45) is -1.70. The van der Waals surface area contributed by atoms with Gasteiger partial charge in [-0.2, -0.15) is 13.2 Å². The van der Waals surface area contributed by atoms with E-state index in [0.717, 1.165) is 5.56 Å². The highest BCUT2D eigenvalue weighted by Gasteiger charge is 2.35. The number of hydrazine groups is 1. The Bertz CT molecular complexity index is 541. The predicted octanol–water partition coefficient (Wildman–Crippen LogP) is 1.99. The van der Waals surface area contributed by atoms with Crippen molar-refractivity contribution in [2.45, 2.75) is 12.7 Å². The molecule has 0 aliphatic rings. The monoisotopic (exact) mass is 273 g/mol. The van der Waals surface area contributed by atoms with Crippen molar-refractivity contribution in [2.75, 3.05) is 10.7 Å². The summed E-state index contributed by atoms with van der Waals surface area (Å²) in [7, 11) is 0.